The Morgan fingerprint density at radius 1 is 1.21 bits per heavy atom. The number of benzene rings is 1. The maximum absolute atomic E-state index is 12.0. The number of ether oxygens (including phenoxy) is 2. The second kappa shape index (κ2) is 7.55. The van der Waals surface area contributed by atoms with Crippen LogP contribution in [0.4, 0.5) is 4.79 Å². The summed E-state index contributed by atoms with van der Waals surface area (Å²) in [7, 11) is 0. The Morgan fingerprint density at radius 2 is 1.83 bits per heavy atom. The van der Waals surface area contributed by atoms with Crippen LogP contribution in [0, 0.1) is 5.92 Å². The smallest absolute Gasteiger partial charge is 0.410 e. The molecule has 2 rings (SSSR count). The first-order valence-corrected chi connectivity index (χ1v) is 8.26. The molecule has 1 aliphatic rings. The summed E-state index contributed by atoms with van der Waals surface area (Å²) in [6.45, 7) is 7.40. The fourth-order valence-electron chi connectivity index (χ4n) is 2.61. The average Bonchev–Trinajstić information content (AvgIpc) is 2.52. The van der Waals surface area contributed by atoms with Crippen LogP contribution in [-0.4, -0.2) is 42.2 Å². The monoisotopic (exact) mass is 334 g/mol. The summed E-state index contributed by atoms with van der Waals surface area (Å²) in [6, 6.07) is 6.97. The minimum absolute atomic E-state index is 0.263. The number of para-hydroxylation sites is 1. The van der Waals surface area contributed by atoms with Crippen LogP contribution in [0.3, 0.4) is 0 Å². The lowest BCUT2D eigenvalue weighted by molar-refractivity contribution is 0.0164. The van der Waals surface area contributed by atoms with Crippen molar-refractivity contribution in [3.05, 3.63) is 29.8 Å². The summed E-state index contributed by atoms with van der Waals surface area (Å²) in [6.07, 6.45) is 1.43. The van der Waals surface area contributed by atoms with E-state index in [1.165, 1.54) is 0 Å². The van der Waals surface area contributed by atoms with E-state index < -0.39 is 11.5 Å². The fourth-order valence-corrected chi connectivity index (χ4v) is 2.61. The Hall–Kier alpha value is -2.24. The highest BCUT2D eigenvalue weighted by Gasteiger charge is 2.27. The molecule has 1 saturated heterocycles. The van der Waals surface area contributed by atoms with E-state index >= 15 is 0 Å². The van der Waals surface area contributed by atoms with E-state index in [2.05, 4.69) is 0 Å². The van der Waals surface area contributed by atoms with Crippen molar-refractivity contribution in [2.45, 2.75) is 39.2 Å². The van der Waals surface area contributed by atoms with Gasteiger partial charge in [-0.25, -0.2) is 4.79 Å². The number of hydrogen-bond donors (Lipinski definition) is 1. The third kappa shape index (κ3) is 5.15. The number of rotatable bonds is 4. The first-order chi connectivity index (χ1) is 11.3. The number of carbonyl (C=O) groups is 2. The summed E-state index contributed by atoms with van der Waals surface area (Å²) < 4.78 is 11.2. The van der Waals surface area contributed by atoms with Crippen LogP contribution in [0.25, 0.3) is 0 Å². The van der Waals surface area contributed by atoms with Gasteiger partial charge in [-0.3, -0.25) is 4.79 Å². The van der Waals surface area contributed by atoms with Crippen LogP contribution in [0.2, 0.25) is 0 Å². The summed E-state index contributed by atoms with van der Waals surface area (Å²) in [5.41, 5.74) is 5.26. The van der Waals surface area contributed by atoms with Crippen LogP contribution < -0.4 is 10.5 Å². The number of nitrogens with zero attached hydrogens (tertiary/aromatic N) is 1. The number of hydrogen-bond acceptors (Lipinski definition) is 4. The van der Waals surface area contributed by atoms with Crippen molar-refractivity contribution in [1.82, 2.24) is 4.90 Å². The predicted molar refractivity (Wildman–Crippen MR) is 91.0 cm³/mol. The van der Waals surface area contributed by atoms with Crippen molar-refractivity contribution in [1.29, 1.82) is 0 Å². The van der Waals surface area contributed by atoms with E-state index in [-0.39, 0.29) is 6.09 Å². The van der Waals surface area contributed by atoms with Gasteiger partial charge >= 0.3 is 6.09 Å². The molecule has 1 aromatic carbocycles. The van der Waals surface area contributed by atoms with Crippen molar-refractivity contribution >= 4 is 12.0 Å². The molecule has 24 heavy (non-hydrogen) atoms. The van der Waals surface area contributed by atoms with Crippen molar-refractivity contribution in [2.24, 2.45) is 11.7 Å². The van der Waals surface area contributed by atoms with Crippen molar-refractivity contribution in [3.8, 4) is 5.75 Å². The lowest BCUT2D eigenvalue weighted by Crippen LogP contribution is -2.42. The molecule has 0 aliphatic carbocycles. The maximum Gasteiger partial charge on any atom is 0.410 e. The molecular formula is C18H26N2O4. The molecule has 1 aliphatic heterocycles. The van der Waals surface area contributed by atoms with Gasteiger partial charge in [0.2, 0.25) is 0 Å². The Balaban J connectivity index is 1.82. The van der Waals surface area contributed by atoms with Gasteiger partial charge in [0.05, 0.1) is 12.2 Å². The van der Waals surface area contributed by atoms with Crippen LogP contribution in [-0.2, 0) is 4.74 Å². The van der Waals surface area contributed by atoms with Crippen molar-refractivity contribution < 1.29 is 19.1 Å². The number of primary amides is 1. The number of nitrogens with two attached hydrogens (primary N) is 1. The third-order valence-corrected chi connectivity index (χ3v) is 3.89. The van der Waals surface area contributed by atoms with Gasteiger partial charge in [-0.1, -0.05) is 12.1 Å². The van der Waals surface area contributed by atoms with Crippen molar-refractivity contribution in [2.75, 3.05) is 19.7 Å². The van der Waals surface area contributed by atoms with E-state index in [1.807, 2.05) is 26.8 Å². The minimum atomic E-state index is -0.495. The predicted octanol–water partition coefficient (Wildman–Crippen LogP) is 2.81. The normalized spacial score (nSPS) is 15.9. The zero-order valence-electron chi connectivity index (χ0n) is 14.6. The quantitative estimate of drug-likeness (QED) is 0.918. The van der Waals surface area contributed by atoms with Gasteiger partial charge < -0.3 is 20.1 Å². The van der Waals surface area contributed by atoms with Gasteiger partial charge in [0.1, 0.15) is 11.4 Å². The Bertz CT molecular complexity index is 587. The molecule has 6 nitrogen and oxygen atoms in total. The van der Waals surface area contributed by atoms with Crippen LogP contribution >= 0.6 is 0 Å². The van der Waals surface area contributed by atoms with Gasteiger partial charge in [0.15, 0.2) is 0 Å². The maximum atomic E-state index is 12.0. The van der Waals surface area contributed by atoms with Crippen LogP contribution in [0.1, 0.15) is 44.0 Å². The van der Waals surface area contributed by atoms with Gasteiger partial charge in [0.25, 0.3) is 5.91 Å². The third-order valence-electron chi connectivity index (χ3n) is 3.89. The molecule has 1 heterocycles. The Morgan fingerprint density at radius 3 is 2.42 bits per heavy atom. The summed E-state index contributed by atoms with van der Waals surface area (Å²) in [5, 5.41) is 0. The molecule has 0 atom stereocenters. The molecule has 2 N–H and O–H groups in total. The Kier molecular flexibility index (Phi) is 5.70. The van der Waals surface area contributed by atoms with Crippen LogP contribution in [0.15, 0.2) is 24.3 Å². The second-order valence-electron chi connectivity index (χ2n) is 7.08. The van der Waals surface area contributed by atoms with Gasteiger partial charge in [-0.05, 0) is 51.7 Å². The summed E-state index contributed by atoms with van der Waals surface area (Å²) >= 11 is 0. The molecule has 1 aromatic rings. The lowest BCUT2D eigenvalue weighted by atomic mass is 9.98. The molecule has 0 saturated carbocycles. The zero-order chi connectivity index (χ0) is 17.7. The van der Waals surface area contributed by atoms with E-state index in [0.29, 0.717) is 36.9 Å². The van der Waals surface area contributed by atoms with Gasteiger partial charge in [0, 0.05) is 13.1 Å². The Labute approximate surface area is 142 Å². The molecule has 0 radical (unpaired) electrons. The largest absolute Gasteiger partial charge is 0.492 e. The van der Waals surface area contributed by atoms with Crippen LogP contribution in [0.5, 0.6) is 5.75 Å². The molecule has 6 heteroatoms. The number of amides is 2. The van der Waals surface area contributed by atoms with Gasteiger partial charge in [-0.2, -0.15) is 0 Å². The zero-order valence-corrected chi connectivity index (χ0v) is 14.6. The molecule has 132 valence electrons. The van der Waals surface area contributed by atoms with Crippen molar-refractivity contribution in [3.63, 3.8) is 0 Å². The van der Waals surface area contributed by atoms with E-state index in [0.717, 1.165) is 12.8 Å². The lowest BCUT2D eigenvalue weighted by Gasteiger charge is -2.33. The van der Waals surface area contributed by atoms with E-state index in [4.69, 9.17) is 15.2 Å². The molecule has 1 fully saturated rings. The molecule has 0 aromatic heterocycles. The first kappa shape index (κ1) is 18.1. The topological polar surface area (TPSA) is 81.9 Å². The summed E-state index contributed by atoms with van der Waals surface area (Å²) in [5.74, 6) is 0.356. The number of piperidine rings is 1. The first-order valence-electron chi connectivity index (χ1n) is 8.26. The molecule has 2 amide bonds. The fraction of sp³-hybridized carbons (Fsp3) is 0.556. The summed E-state index contributed by atoms with van der Waals surface area (Å²) in [4.78, 5) is 25.2. The molecule has 0 spiro atoms. The number of likely N-dealkylation sites (tertiary alicyclic amines) is 1. The highest BCUT2D eigenvalue weighted by molar-refractivity contribution is 5.95. The second-order valence-corrected chi connectivity index (χ2v) is 7.08. The standard InChI is InChI=1S/C18H26N2O4/c1-18(2,3)24-17(22)20-10-8-13(9-11-20)12-23-15-7-5-4-6-14(15)16(19)21/h4-7,13H,8-12H2,1-3H3,(H2,19,21). The highest BCUT2D eigenvalue weighted by Crippen LogP contribution is 2.23. The number of carbonyl (C=O) groups excluding carboxylic acids is 2. The van der Waals surface area contributed by atoms with E-state index in [1.54, 1.807) is 23.1 Å². The molecule has 0 unspecified atom stereocenters. The SMILES string of the molecule is CC(C)(C)OC(=O)N1CCC(COc2ccccc2C(N)=O)CC1. The molecule has 0 bridgehead atoms. The molecular weight excluding hydrogens is 308 g/mol. The highest BCUT2D eigenvalue weighted by atomic mass is 16.6. The average molecular weight is 334 g/mol. The van der Waals surface area contributed by atoms with E-state index in [9.17, 15) is 9.59 Å². The minimum Gasteiger partial charge on any atom is -0.492 e. The van der Waals surface area contributed by atoms with Gasteiger partial charge in [-0.15, -0.1) is 0 Å².